The molecule has 1 aromatic carbocycles. The van der Waals surface area contributed by atoms with Gasteiger partial charge < -0.3 is 0 Å². The minimum atomic E-state index is -0.0587. The molecule has 0 fully saturated rings. The quantitative estimate of drug-likeness (QED) is 0.681. The molecular weight excluding hydrogens is 324 g/mol. The molecular formula is C14H9BrN2OS. The third-order valence-corrected chi connectivity index (χ3v) is 4.50. The highest BCUT2D eigenvalue weighted by molar-refractivity contribution is 9.10. The Morgan fingerprint density at radius 1 is 1.16 bits per heavy atom. The molecule has 2 aromatic heterocycles. The van der Waals surface area contributed by atoms with E-state index in [0.29, 0.717) is 10.6 Å². The second-order valence-electron chi connectivity index (χ2n) is 3.91. The van der Waals surface area contributed by atoms with Crippen LogP contribution in [-0.4, -0.2) is 15.6 Å². The zero-order valence-electron chi connectivity index (χ0n) is 9.79. The number of carbonyl (C=O) groups excluding carboxylic acids is 1. The number of thiophene rings is 1. The highest BCUT2D eigenvalue weighted by atomic mass is 79.9. The van der Waals surface area contributed by atoms with Gasteiger partial charge in [0.1, 0.15) is 5.69 Å². The van der Waals surface area contributed by atoms with Gasteiger partial charge in [-0.05, 0) is 45.6 Å². The van der Waals surface area contributed by atoms with Crippen LogP contribution >= 0.6 is 27.3 Å². The maximum atomic E-state index is 12.3. The van der Waals surface area contributed by atoms with E-state index in [-0.39, 0.29) is 5.78 Å². The first-order valence-corrected chi connectivity index (χ1v) is 7.32. The zero-order chi connectivity index (χ0) is 13.2. The summed E-state index contributed by atoms with van der Waals surface area (Å²) in [5.74, 6) is -0.0587. The molecule has 94 valence electrons. The third-order valence-electron chi connectivity index (χ3n) is 2.67. The van der Waals surface area contributed by atoms with Gasteiger partial charge in [-0.15, -0.1) is 11.3 Å². The number of halogens is 1. The van der Waals surface area contributed by atoms with Crippen molar-refractivity contribution in [1.29, 1.82) is 0 Å². The summed E-state index contributed by atoms with van der Waals surface area (Å²) in [6.45, 7) is 0. The van der Waals surface area contributed by atoms with Gasteiger partial charge in [0.25, 0.3) is 0 Å². The Morgan fingerprint density at radius 3 is 2.63 bits per heavy atom. The summed E-state index contributed by atoms with van der Waals surface area (Å²) in [7, 11) is 0. The fraction of sp³-hybridized carbons (Fsp3) is 0. The molecule has 0 saturated carbocycles. The van der Waals surface area contributed by atoms with Crippen molar-refractivity contribution in [3.63, 3.8) is 0 Å². The molecule has 0 amide bonds. The van der Waals surface area contributed by atoms with Crippen LogP contribution in [-0.2, 0) is 0 Å². The molecule has 0 aliphatic rings. The van der Waals surface area contributed by atoms with E-state index in [1.54, 1.807) is 16.9 Å². The highest BCUT2D eigenvalue weighted by Gasteiger charge is 2.16. The minimum Gasteiger partial charge on any atom is -0.286 e. The Labute approximate surface area is 122 Å². The van der Waals surface area contributed by atoms with Gasteiger partial charge in [0.05, 0.1) is 10.6 Å². The number of rotatable bonds is 3. The molecule has 19 heavy (non-hydrogen) atoms. The second-order valence-corrected chi connectivity index (χ2v) is 5.68. The Balaban J connectivity index is 1.94. The molecule has 0 radical (unpaired) electrons. The second kappa shape index (κ2) is 5.11. The van der Waals surface area contributed by atoms with E-state index in [1.807, 2.05) is 41.8 Å². The van der Waals surface area contributed by atoms with Crippen LogP contribution in [0.5, 0.6) is 0 Å². The van der Waals surface area contributed by atoms with Crippen molar-refractivity contribution in [2.75, 3.05) is 0 Å². The largest absolute Gasteiger partial charge is 0.286 e. The molecule has 0 aliphatic carbocycles. The summed E-state index contributed by atoms with van der Waals surface area (Å²) < 4.78 is 2.52. The first-order chi connectivity index (χ1) is 9.25. The first kappa shape index (κ1) is 12.3. The monoisotopic (exact) mass is 332 g/mol. The number of ketones is 1. The normalized spacial score (nSPS) is 10.6. The summed E-state index contributed by atoms with van der Waals surface area (Å²) >= 11 is 4.78. The van der Waals surface area contributed by atoms with Gasteiger partial charge in [-0.3, -0.25) is 4.79 Å². The van der Waals surface area contributed by atoms with Crippen molar-refractivity contribution >= 4 is 33.0 Å². The number of carbonyl (C=O) groups is 1. The van der Waals surface area contributed by atoms with Gasteiger partial charge in [-0.25, -0.2) is 4.68 Å². The number of nitrogens with zero attached hydrogens (tertiary/aromatic N) is 2. The van der Waals surface area contributed by atoms with Gasteiger partial charge in [0.15, 0.2) is 0 Å². The molecule has 0 unspecified atom stereocenters. The predicted octanol–water partition coefficient (Wildman–Crippen LogP) is 3.93. The van der Waals surface area contributed by atoms with Crippen LogP contribution < -0.4 is 0 Å². The molecule has 0 aliphatic heterocycles. The summed E-state index contributed by atoms with van der Waals surface area (Å²) in [5, 5.41) is 6.21. The maximum Gasteiger partial charge on any atom is 0.224 e. The smallest absolute Gasteiger partial charge is 0.224 e. The van der Waals surface area contributed by atoms with Crippen molar-refractivity contribution in [2.24, 2.45) is 0 Å². The summed E-state index contributed by atoms with van der Waals surface area (Å²) in [4.78, 5) is 13.0. The van der Waals surface area contributed by atoms with Crippen molar-refractivity contribution in [3.8, 4) is 5.69 Å². The lowest BCUT2D eigenvalue weighted by Crippen LogP contribution is -2.02. The van der Waals surface area contributed by atoms with Gasteiger partial charge in [0.2, 0.25) is 5.78 Å². The van der Waals surface area contributed by atoms with E-state index in [4.69, 9.17) is 0 Å². The lowest BCUT2D eigenvalue weighted by atomic mass is 10.2. The van der Waals surface area contributed by atoms with E-state index in [1.165, 1.54) is 11.3 Å². The van der Waals surface area contributed by atoms with Crippen molar-refractivity contribution in [1.82, 2.24) is 9.78 Å². The van der Waals surface area contributed by atoms with Gasteiger partial charge in [-0.2, -0.15) is 5.10 Å². The van der Waals surface area contributed by atoms with Gasteiger partial charge >= 0.3 is 0 Å². The van der Waals surface area contributed by atoms with Crippen LogP contribution in [0.1, 0.15) is 15.4 Å². The number of benzene rings is 1. The highest BCUT2D eigenvalue weighted by Crippen LogP contribution is 2.25. The standard InChI is InChI=1S/C14H9BrN2OS/c15-11-7-9-19-14(11)13(18)12-6-8-17(16-12)10-4-2-1-3-5-10/h1-9H. The number of hydrogen-bond acceptors (Lipinski definition) is 3. The van der Waals surface area contributed by atoms with Crippen LogP contribution in [0, 0.1) is 0 Å². The molecule has 0 bridgehead atoms. The molecule has 0 N–H and O–H groups in total. The molecule has 0 atom stereocenters. The molecule has 2 heterocycles. The van der Waals surface area contributed by atoms with Gasteiger partial charge in [-0.1, -0.05) is 18.2 Å². The number of para-hydroxylation sites is 1. The van der Waals surface area contributed by atoms with E-state index < -0.39 is 0 Å². The van der Waals surface area contributed by atoms with Crippen molar-refractivity contribution in [3.05, 3.63) is 69.1 Å². The summed E-state index contributed by atoms with van der Waals surface area (Å²) in [6, 6.07) is 13.3. The Morgan fingerprint density at radius 2 is 1.95 bits per heavy atom. The molecule has 0 spiro atoms. The van der Waals surface area contributed by atoms with Crippen molar-refractivity contribution in [2.45, 2.75) is 0 Å². The molecule has 3 aromatic rings. The minimum absolute atomic E-state index is 0.0587. The molecule has 5 heteroatoms. The molecule has 3 nitrogen and oxygen atoms in total. The van der Waals surface area contributed by atoms with Gasteiger partial charge in [0, 0.05) is 10.7 Å². The number of hydrogen-bond donors (Lipinski definition) is 0. The Bertz CT molecular complexity index is 718. The van der Waals surface area contributed by atoms with Crippen LogP contribution in [0.3, 0.4) is 0 Å². The van der Waals surface area contributed by atoms with Crippen LogP contribution in [0.4, 0.5) is 0 Å². The lowest BCUT2D eigenvalue weighted by Gasteiger charge is -1.99. The van der Waals surface area contributed by atoms with Crippen LogP contribution in [0.2, 0.25) is 0 Å². The average molecular weight is 333 g/mol. The summed E-state index contributed by atoms with van der Waals surface area (Å²) in [6.07, 6.45) is 1.80. The Kier molecular flexibility index (Phi) is 3.31. The fourth-order valence-electron chi connectivity index (χ4n) is 1.74. The maximum absolute atomic E-state index is 12.3. The Hall–Kier alpha value is -1.72. The lowest BCUT2D eigenvalue weighted by molar-refractivity contribution is 0.103. The SMILES string of the molecule is O=C(c1ccn(-c2ccccc2)n1)c1sccc1Br. The summed E-state index contributed by atoms with van der Waals surface area (Å²) in [5.41, 5.74) is 1.39. The molecule has 3 rings (SSSR count). The van der Waals surface area contributed by atoms with Crippen LogP contribution in [0.25, 0.3) is 5.69 Å². The van der Waals surface area contributed by atoms with Crippen LogP contribution in [0.15, 0.2) is 58.5 Å². The van der Waals surface area contributed by atoms with Crippen molar-refractivity contribution < 1.29 is 4.79 Å². The molecule has 0 saturated heterocycles. The van der Waals surface area contributed by atoms with E-state index in [2.05, 4.69) is 21.0 Å². The van der Waals surface area contributed by atoms with E-state index >= 15 is 0 Å². The first-order valence-electron chi connectivity index (χ1n) is 5.64. The van der Waals surface area contributed by atoms with E-state index in [0.717, 1.165) is 10.2 Å². The number of aromatic nitrogens is 2. The predicted molar refractivity (Wildman–Crippen MR) is 79.0 cm³/mol. The third kappa shape index (κ3) is 2.39. The fourth-order valence-corrected chi connectivity index (χ4v) is 3.24. The zero-order valence-corrected chi connectivity index (χ0v) is 12.2. The van der Waals surface area contributed by atoms with E-state index in [9.17, 15) is 4.79 Å². The topological polar surface area (TPSA) is 34.9 Å². The average Bonchev–Trinajstić information content (AvgIpc) is 3.08.